The first-order valence-corrected chi connectivity index (χ1v) is 7.28. The lowest BCUT2D eigenvalue weighted by molar-refractivity contribution is -0.422. The number of allylic oxidation sites excluding steroid dienone is 1. The van der Waals surface area contributed by atoms with Crippen molar-refractivity contribution >= 4 is 6.08 Å². The van der Waals surface area contributed by atoms with Gasteiger partial charge in [0, 0.05) is 30.3 Å². The van der Waals surface area contributed by atoms with Gasteiger partial charge in [0.2, 0.25) is 5.70 Å². The summed E-state index contributed by atoms with van der Waals surface area (Å²) >= 11 is 0. The Morgan fingerprint density at radius 1 is 1.17 bits per heavy atom. The Kier molecular flexibility index (Phi) is 4.20. The Morgan fingerprint density at radius 3 is 2.46 bits per heavy atom. The van der Waals surface area contributed by atoms with E-state index in [2.05, 4.69) is 5.10 Å². The van der Waals surface area contributed by atoms with E-state index in [1.54, 1.807) is 23.0 Å². The zero-order valence-corrected chi connectivity index (χ0v) is 12.9. The average molecular weight is 323 g/mol. The third-order valence-corrected chi connectivity index (χ3v) is 3.53. The maximum atomic E-state index is 13.2. The van der Waals surface area contributed by atoms with Crippen molar-refractivity contribution in [3.8, 4) is 16.9 Å². The number of para-hydroxylation sites is 1. The molecule has 2 aromatic carbocycles. The first-order valence-electron chi connectivity index (χ1n) is 7.28. The van der Waals surface area contributed by atoms with Crippen LogP contribution in [0.3, 0.4) is 0 Å². The number of benzene rings is 2. The number of rotatable bonds is 4. The molecule has 0 N–H and O–H groups in total. The Hall–Kier alpha value is -3.28. The lowest BCUT2D eigenvalue weighted by atomic mass is 10.1. The Labute approximate surface area is 137 Å². The molecule has 0 radical (unpaired) electrons. The fourth-order valence-electron chi connectivity index (χ4n) is 2.32. The number of nitrogens with zero attached hydrogens (tertiary/aromatic N) is 3. The predicted octanol–water partition coefficient (Wildman–Crippen LogP) is 4.32. The van der Waals surface area contributed by atoms with Crippen LogP contribution in [0.4, 0.5) is 4.39 Å². The number of hydrogen-bond acceptors (Lipinski definition) is 3. The molecular weight excluding hydrogens is 309 g/mol. The van der Waals surface area contributed by atoms with Crippen molar-refractivity contribution in [2.45, 2.75) is 6.92 Å². The molecule has 0 amide bonds. The van der Waals surface area contributed by atoms with E-state index >= 15 is 0 Å². The van der Waals surface area contributed by atoms with Crippen molar-refractivity contribution in [1.29, 1.82) is 0 Å². The lowest BCUT2D eigenvalue weighted by Crippen LogP contribution is -1.94. The van der Waals surface area contributed by atoms with E-state index in [0.717, 1.165) is 5.69 Å². The Morgan fingerprint density at radius 2 is 1.83 bits per heavy atom. The molecule has 3 rings (SSSR count). The highest BCUT2D eigenvalue weighted by Gasteiger charge is 2.13. The van der Waals surface area contributed by atoms with Crippen molar-refractivity contribution in [3.63, 3.8) is 0 Å². The van der Waals surface area contributed by atoms with Crippen LogP contribution in [0.15, 0.2) is 66.5 Å². The zero-order valence-electron chi connectivity index (χ0n) is 12.9. The zero-order chi connectivity index (χ0) is 17.1. The fourth-order valence-corrected chi connectivity index (χ4v) is 2.32. The van der Waals surface area contributed by atoms with Crippen LogP contribution in [0.2, 0.25) is 0 Å². The molecule has 24 heavy (non-hydrogen) atoms. The van der Waals surface area contributed by atoms with Crippen LogP contribution in [-0.2, 0) is 0 Å². The maximum absolute atomic E-state index is 13.2. The van der Waals surface area contributed by atoms with E-state index in [-0.39, 0.29) is 11.5 Å². The van der Waals surface area contributed by atoms with Crippen LogP contribution >= 0.6 is 0 Å². The highest BCUT2D eigenvalue weighted by atomic mass is 19.1. The number of halogens is 1. The van der Waals surface area contributed by atoms with Crippen LogP contribution in [0.1, 0.15) is 12.5 Å². The highest BCUT2D eigenvalue weighted by Crippen LogP contribution is 2.26. The van der Waals surface area contributed by atoms with Crippen LogP contribution in [0.5, 0.6) is 0 Å². The summed E-state index contributed by atoms with van der Waals surface area (Å²) in [4.78, 5) is 10.5. The first-order chi connectivity index (χ1) is 11.5. The van der Waals surface area contributed by atoms with Gasteiger partial charge < -0.3 is 0 Å². The van der Waals surface area contributed by atoms with Crippen LogP contribution in [-0.4, -0.2) is 14.7 Å². The standard InChI is InChI=1S/C18H14FN3O2/c1-13(22(23)24)11-15-12-21(17-5-3-2-4-6-17)20-18(15)14-7-9-16(19)10-8-14/h2-12H,1H3/b13-11+. The molecule has 6 heteroatoms. The molecular formula is C18H14FN3O2. The van der Waals surface area contributed by atoms with Gasteiger partial charge in [-0.3, -0.25) is 10.1 Å². The van der Waals surface area contributed by atoms with Crippen molar-refractivity contribution in [1.82, 2.24) is 9.78 Å². The average Bonchev–Trinajstić information content (AvgIpc) is 3.00. The van der Waals surface area contributed by atoms with Crippen LogP contribution in [0.25, 0.3) is 23.0 Å². The largest absolute Gasteiger partial charge is 0.259 e. The molecule has 1 aromatic heterocycles. The van der Waals surface area contributed by atoms with Crippen molar-refractivity contribution in [2.24, 2.45) is 0 Å². The van der Waals surface area contributed by atoms with Crippen molar-refractivity contribution in [2.75, 3.05) is 0 Å². The molecule has 0 unspecified atom stereocenters. The van der Waals surface area contributed by atoms with Gasteiger partial charge in [-0.1, -0.05) is 18.2 Å². The molecule has 3 aromatic rings. The number of aromatic nitrogens is 2. The normalized spacial score (nSPS) is 11.5. The van der Waals surface area contributed by atoms with Gasteiger partial charge in [-0.15, -0.1) is 0 Å². The van der Waals surface area contributed by atoms with Gasteiger partial charge in [-0.2, -0.15) is 5.10 Å². The second-order valence-corrected chi connectivity index (χ2v) is 5.26. The van der Waals surface area contributed by atoms with Gasteiger partial charge in [0.25, 0.3) is 0 Å². The van der Waals surface area contributed by atoms with Gasteiger partial charge >= 0.3 is 0 Å². The molecule has 120 valence electrons. The molecule has 0 saturated heterocycles. The maximum Gasteiger partial charge on any atom is 0.243 e. The van der Waals surface area contributed by atoms with Crippen molar-refractivity contribution in [3.05, 3.63) is 88.0 Å². The summed E-state index contributed by atoms with van der Waals surface area (Å²) < 4.78 is 14.8. The highest BCUT2D eigenvalue weighted by molar-refractivity contribution is 5.72. The summed E-state index contributed by atoms with van der Waals surface area (Å²) in [6.07, 6.45) is 3.19. The van der Waals surface area contributed by atoms with Gasteiger partial charge in [0.05, 0.1) is 10.6 Å². The summed E-state index contributed by atoms with van der Waals surface area (Å²) in [5.41, 5.74) is 2.68. The minimum absolute atomic E-state index is 0.00553. The van der Waals surface area contributed by atoms with Gasteiger partial charge in [-0.05, 0) is 36.4 Å². The summed E-state index contributed by atoms with van der Waals surface area (Å²) in [6, 6.07) is 15.3. The lowest BCUT2D eigenvalue weighted by Gasteiger charge is -2.00. The molecule has 0 fully saturated rings. The van der Waals surface area contributed by atoms with Gasteiger partial charge in [0.15, 0.2) is 0 Å². The van der Waals surface area contributed by atoms with Crippen LogP contribution in [0, 0.1) is 15.9 Å². The summed E-state index contributed by atoms with van der Waals surface area (Å²) in [5.74, 6) is -0.347. The third-order valence-electron chi connectivity index (χ3n) is 3.53. The van der Waals surface area contributed by atoms with E-state index in [4.69, 9.17) is 0 Å². The molecule has 1 heterocycles. The Balaban J connectivity index is 2.15. The molecule has 0 atom stereocenters. The van der Waals surface area contributed by atoms with E-state index in [0.29, 0.717) is 16.8 Å². The number of nitro groups is 1. The second kappa shape index (κ2) is 6.45. The minimum atomic E-state index is -0.450. The molecule has 0 aliphatic carbocycles. The third kappa shape index (κ3) is 3.22. The molecule has 0 bridgehead atoms. The smallest absolute Gasteiger partial charge is 0.243 e. The Bertz CT molecular complexity index is 900. The first kappa shape index (κ1) is 15.6. The van der Waals surface area contributed by atoms with Crippen molar-refractivity contribution < 1.29 is 9.31 Å². The second-order valence-electron chi connectivity index (χ2n) is 5.26. The summed E-state index contributed by atoms with van der Waals surface area (Å²) in [7, 11) is 0. The summed E-state index contributed by atoms with van der Waals surface area (Å²) in [6.45, 7) is 1.42. The minimum Gasteiger partial charge on any atom is -0.259 e. The molecule has 0 aliphatic rings. The van der Waals surface area contributed by atoms with E-state index in [1.165, 1.54) is 25.1 Å². The summed E-state index contributed by atoms with van der Waals surface area (Å²) in [5, 5.41) is 15.5. The fraction of sp³-hybridized carbons (Fsp3) is 0.0556. The van der Waals surface area contributed by atoms with Crippen LogP contribution < -0.4 is 0 Å². The van der Waals surface area contributed by atoms with E-state index < -0.39 is 4.92 Å². The van der Waals surface area contributed by atoms with Gasteiger partial charge in [0.1, 0.15) is 11.5 Å². The van der Waals surface area contributed by atoms with E-state index in [1.807, 2.05) is 30.3 Å². The molecule has 5 nitrogen and oxygen atoms in total. The van der Waals surface area contributed by atoms with Gasteiger partial charge in [-0.25, -0.2) is 9.07 Å². The van der Waals surface area contributed by atoms with E-state index in [9.17, 15) is 14.5 Å². The quantitative estimate of drug-likeness (QED) is 0.531. The topological polar surface area (TPSA) is 61.0 Å². The SMILES string of the molecule is C/C(=C\c1cn(-c2ccccc2)nc1-c1ccc(F)cc1)[N+](=O)[O-]. The molecule has 0 spiro atoms. The predicted molar refractivity (Wildman–Crippen MR) is 89.6 cm³/mol. The molecule has 0 aliphatic heterocycles. The molecule has 0 saturated carbocycles. The number of hydrogen-bond donors (Lipinski definition) is 0. The monoisotopic (exact) mass is 323 g/mol.